The Morgan fingerprint density at radius 3 is 2.62 bits per heavy atom. The number of aryl methyl sites for hydroxylation is 1. The molecule has 0 heterocycles. The van der Waals surface area contributed by atoms with Crippen LogP contribution in [0.4, 0.5) is 17.1 Å². The van der Waals surface area contributed by atoms with Crippen molar-refractivity contribution in [3.63, 3.8) is 0 Å². The predicted molar refractivity (Wildman–Crippen MR) is 88.7 cm³/mol. The molecule has 0 radical (unpaired) electrons. The number of nitrogens with zero attached hydrogens (tertiary/aromatic N) is 1. The van der Waals surface area contributed by atoms with Crippen LogP contribution in [0.2, 0.25) is 0 Å². The summed E-state index contributed by atoms with van der Waals surface area (Å²) in [4.78, 5) is 14.1. The molecule has 0 aliphatic heterocycles. The van der Waals surface area contributed by atoms with Gasteiger partial charge < -0.3 is 16.0 Å². The molecule has 0 fully saturated rings. The van der Waals surface area contributed by atoms with Crippen molar-refractivity contribution in [1.29, 1.82) is 0 Å². The lowest BCUT2D eigenvalue weighted by Gasteiger charge is -2.17. The Labute approximate surface area is 125 Å². The molecule has 110 valence electrons. The fraction of sp³-hybridized carbons (Fsp3) is 0.235. The number of hydrogen-bond donors (Lipinski definition) is 2. The van der Waals surface area contributed by atoms with Crippen LogP contribution < -0.4 is 16.0 Å². The van der Waals surface area contributed by atoms with Gasteiger partial charge in [0.1, 0.15) is 0 Å². The molecule has 4 heteroatoms. The van der Waals surface area contributed by atoms with Gasteiger partial charge >= 0.3 is 0 Å². The van der Waals surface area contributed by atoms with Crippen molar-refractivity contribution in [2.24, 2.45) is 0 Å². The van der Waals surface area contributed by atoms with E-state index in [0.717, 1.165) is 16.9 Å². The third-order valence-electron chi connectivity index (χ3n) is 3.29. The summed E-state index contributed by atoms with van der Waals surface area (Å²) < 4.78 is 0. The summed E-state index contributed by atoms with van der Waals surface area (Å²) in [5.74, 6) is -0.0471. The minimum Gasteiger partial charge on any atom is -0.399 e. The zero-order valence-corrected chi connectivity index (χ0v) is 12.7. The maximum absolute atomic E-state index is 12.1. The van der Waals surface area contributed by atoms with E-state index in [2.05, 4.69) is 5.32 Å². The van der Waals surface area contributed by atoms with Gasteiger partial charge in [-0.2, -0.15) is 0 Å². The molecule has 4 nitrogen and oxygen atoms in total. The van der Waals surface area contributed by atoms with Crippen molar-refractivity contribution < 1.29 is 4.79 Å². The highest BCUT2D eigenvalue weighted by atomic mass is 16.1. The van der Waals surface area contributed by atoms with Crippen LogP contribution in [-0.4, -0.2) is 20.0 Å². The summed E-state index contributed by atoms with van der Waals surface area (Å²) in [6, 6.07) is 13.3. The highest BCUT2D eigenvalue weighted by Crippen LogP contribution is 2.22. The number of amides is 1. The van der Waals surface area contributed by atoms with Gasteiger partial charge in [0.2, 0.25) is 5.91 Å². The first kappa shape index (κ1) is 14.9. The highest BCUT2D eigenvalue weighted by molar-refractivity contribution is 5.93. The van der Waals surface area contributed by atoms with Gasteiger partial charge in [0.15, 0.2) is 0 Å². The number of carbonyl (C=O) groups is 1. The molecule has 2 aromatic carbocycles. The summed E-state index contributed by atoms with van der Waals surface area (Å²) in [6.45, 7) is 2.05. The Morgan fingerprint density at radius 2 is 1.95 bits per heavy atom. The number of benzene rings is 2. The van der Waals surface area contributed by atoms with E-state index in [-0.39, 0.29) is 5.91 Å². The maximum Gasteiger partial charge on any atom is 0.228 e. The average molecular weight is 283 g/mol. The number of anilines is 3. The minimum atomic E-state index is -0.0471. The van der Waals surface area contributed by atoms with Gasteiger partial charge in [-0.1, -0.05) is 18.2 Å². The first-order valence-corrected chi connectivity index (χ1v) is 6.88. The van der Waals surface area contributed by atoms with E-state index in [1.807, 2.05) is 68.4 Å². The molecule has 0 saturated heterocycles. The van der Waals surface area contributed by atoms with Crippen LogP contribution in [0.3, 0.4) is 0 Å². The van der Waals surface area contributed by atoms with Crippen LogP contribution in [0.5, 0.6) is 0 Å². The summed E-state index contributed by atoms with van der Waals surface area (Å²) >= 11 is 0. The van der Waals surface area contributed by atoms with E-state index in [0.29, 0.717) is 12.1 Å². The summed E-state index contributed by atoms with van der Waals surface area (Å²) in [7, 11) is 3.97. The van der Waals surface area contributed by atoms with Crippen molar-refractivity contribution in [3.05, 3.63) is 53.6 Å². The van der Waals surface area contributed by atoms with Crippen molar-refractivity contribution in [1.82, 2.24) is 0 Å². The van der Waals surface area contributed by atoms with Crippen molar-refractivity contribution in [2.45, 2.75) is 13.3 Å². The molecule has 0 aromatic heterocycles. The molecule has 0 unspecified atom stereocenters. The topological polar surface area (TPSA) is 58.4 Å². The standard InChI is InChI=1S/C17H21N3O/c1-12-7-8-15(11-16(12)20(2)3)19-17(21)10-13-5-4-6-14(18)9-13/h4-9,11H,10,18H2,1-3H3,(H,19,21). The second kappa shape index (κ2) is 6.31. The fourth-order valence-corrected chi connectivity index (χ4v) is 2.26. The maximum atomic E-state index is 12.1. The van der Waals surface area contributed by atoms with E-state index in [4.69, 9.17) is 5.73 Å². The van der Waals surface area contributed by atoms with Crippen LogP contribution in [0.15, 0.2) is 42.5 Å². The zero-order chi connectivity index (χ0) is 15.4. The molecule has 2 rings (SSSR count). The Kier molecular flexibility index (Phi) is 4.48. The number of carbonyl (C=O) groups excluding carboxylic acids is 1. The number of nitrogens with two attached hydrogens (primary N) is 1. The van der Waals surface area contributed by atoms with Gasteiger partial charge in [-0.3, -0.25) is 4.79 Å². The predicted octanol–water partition coefficient (Wildman–Crippen LogP) is 2.82. The number of nitrogens with one attached hydrogen (secondary N) is 1. The van der Waals surface area contributed by atoms with E-state index in [9.17, 15) is 4.79 Å². The molecular formula is C17H21N3O. The van der Waals surface area contributed by atoms with E-state index < -0.39 is 0 Å². The smallest absolute Gasteiger partial charge is 0.228 e. The lowest BCUT2D eigenvalue weighted by atomic mass is 10.1. The third kappa shape index (κ3) is 3.99. The number of rotatable bonds is 4. The van der Waals surface area contributed by atoms with Crippen LogP contribution in [0.25, 0.3) is 0 Å². The lowest BCUT2D eigenvalue weighted by Crippen LogP contribution is -2.16. The molecule has 0 spiro atoms. The van der Waals surface area contributed by atoms with Gasteiger partial charge in [-0.15, -0.1) is 0 Å². The molecule has 0 atom stereocenters. The van der Waals surface area contributed by atoms with Crippen molar-refractivity contribution in [3.8, 4) is 0 Å². The molecule has 0 aliphatic carbocycles. The van der Waals surface area contributed by atoms with Gasteiger partial charge in [0.25, 0.3) is 0 Å². The monoisotopic (exact) mass is 283 g/mol. The summed E-state index contributed by atoms with van der Waals surface area (Å²) in [6.07, 6.45) is 0.316. The van der Waals surface area contributed by atoms with Crippen molar-refractivity contribution in [2.75, 3.05) is 30.0 Å². The van der Waals surface area contributed by atoms with E-state index in [1.54, 1.807) is 0 Å². The summed E-state index contributed by atoms with van der Waals surface area (Å²) in [5, 5.41) is 2.93. The summed E-state index contributed by atoms with van der Waals surface area (Å²) in [5.41, 5.74) is 10.4. The first-order valence-electron chi connectivity index (χ1n) is 6.88. The molecule has 3 N–H and O–H groups in total. The van der Waals surface area contributed by atoms with Gasteiger partial charge in [-0.05, 0) is 42.3 Å². The number of hydrogen-bond acceptors (Lipinski definition) is 3. The minimum absolute atomic E-state index is 0.0471. The van der Waals surface area contributed by atoms with E-state index >= 15 is 0 Å². The third-order valence-corrected chi connectivity index (χ3v) is 3.29. The van der Waals surface area contributed by atoms with Crippen LogP contribution in [-0.2, 0) is 11.2 Å². The second-order valence-electron chi connectivity index (χ2n) is 5.37. The average Bonchev–Trinajstić information content (AvgIpc) is 2.40. The second-order valence-corrected chi connectivity index (χ2v) is 5.37. The molecule has 21 heavy (non-hydrogen) atoms. The van der Waals surface area contributed by atoms with Gasteiger partial charge in [-0.25, -0.2) is 0 Å². The lowest BCUT2D eigenvalue weighted by molar-refractivity contribution is -0.115. The highest BCUT2D eigenvalue weighted by Gasteiger charge is 2.07. The zero-order valence-electron chi connectivity index (χ0n) is 12.7. The molecule has 0 aliphatic rings. The van der Waals surface area contributed by atoms with Crippen LogP contribution in [0, 0.1) is 6.92 Å². The molecule has 0 bridgehead atoms. The van der Waals surface area contributed by atoms with E-state index in [1.165, 1.54) is 5.56 Å². The number of nitrogen functional groups attached to an aromatic ring is 1. The first-order chi connectivity index (χ1) is 9.95. The Hall–Kier alpha value is -2.49. The molecule has 1 amide bonds. The quantitative estimate of drug-likeness (QED) is 0.848. The SMILES string of the molecule is Cc1ccc(NC(=O)Cc2cccc(N)c2)cc1N(C)C. The Balaban J connectivity index is 2.08. The van der Waals surface area contributed by atoms with Crippen molar-refractivity contribution >= 4 is 23.0 Å². The molecule has 2 aromatic rings. The fourth-order valence-electron chi connectivity index (χ4n) is 2.26. The Morgan fingerprint density at radius 1 is 1.19 bits per heavy atom. The van der Waals surface area contributed by atoms with Gasteiger partial charge in [0.05, 0.1) is 6.42 Å². The van der Waals surface area contributed by atoms with Gasteiger partial charge in [0, 0.05) is 31.2 Å². The molecule has 0 saturated carbocycles. The largest absolute Gasteiger partial charge is 0.399 e. The van der Waals surface area contributed by atoms with Crippen LogP contribution >= 0.6 is 0 Å². The Bertz CT molecular complexity index is 650. The van der Waals surface area contributed by atoms with Crippen LogP contribution in [0.1, 0.15) is 11.1 Å². The normalized spacial score (nSPS) is 10.2. The molecular weight excluding hydrogens is 262 g/mol.